The van der Waals surface area contributed by atoms with E-state index in [1.54, 1.807) is 25.7 Å². The van der Waals surface area contributed by atoms with Gasteiger partial charge in [-0.2, -0.15) is 0 Å². The summed E-state index contributed by atoms with van der Waals surface area (Å²) in [7, 11) is 0. The van der Waals surface area contributed by atoms with Crippen LogP contribution in [0.2, 0.25) is 0 Å². The largest absolute Gasteiger partial charge is 0.0654 e. The van der Waals surface area contributed by atoms with E-state index in [4.69, 9.17) is 0 Å². The number of hydrogen-bond donors (Lipinski definition) is 0. The quantitative estimate of drug-likeness (QED) is 0.610. The molecule has 0 aromatic heterocycles. The molecule has 2 aliphatic carbocycles. The molecule has 0 saturated heterocycles. The second-order valence-corrected chi connectivity index (χ2v) is 6.54. The van der Waals surface area contributed by atoms with Crippen LogP contribution in [0.3, 0.4) is 0 Å². The van der Waals surface area contributed by atoms with E-state index in [0.29, 0.717) is 0 Å². The van der Waals surface area contributed by atoms with E-state index in [9.17, 15) is 0 Å². The van der Waals surface area contributed by atoms with Gasteiger partial charge in [-0.25, -0.2) is 0 Å². The second kappa shape index (κ2) is 5.56. The van der Waals surface area contributed by atoms with Gasteiger partial charge in [-0.15, -0.1) is 0 Å². The molecule has 0 nitrogen and oxygen atoms in total. The summed E-state index contributed by atoms with van der Waals surface area (Å²) in [6.45, 7) is 7.27. The van der Waals surface area contributed by atoms with E-state index in [-0.39, 0.29) is 0 Å². The minimum Gasteiger partial charge on any atom is -0.0654 e. The van der Waals surface area contributed by atoms with Crippen molar-refractivity contribution < 1.29 is 0 Å². The normalized spacial score (nSPS) is 44.1. The lowest BCUT2D eigenvalue weighted by Crippen LogP contribution is -2.38. The van der Waals surface area contributed by atoms with Gasteiger partial charge in [0.1, 0.15) is 0 Å². The van der Waals surface area contributed by atoms with Gasteiger partial charge in [0.15, 0.2) is 0 Å². The molecule has 0 heterocycles. The van der Waals surface area contributed by atoms with Crippen molar-refractivity contribution in [2.24, 2.45) is 29.6 Å². The smallest absolute Gasteiger partial charge is 0.0355 e. The van der Waals surface area contributed by atoms with Crippen LogP contribution < -0.4 is 0 Å². The Kier molecular flexibility index (Phi) is 4.33. The number of rotatable bonds is 3. The first-order valence-corrected chi connectivity index (χ1v) is 7.76. The molecule has 2 fully saturated rings. The third kappa shape index (κ3) is 2.46. The van der Waals surface area contributed by atoms with Crippen molar-refractivity contribution in [3.8, 4) is 0 Å². The highest BCUT2D eigenvalue weighted by molar-refractivity contribution is 4.90. The Balaban J connectivity index is 2.01. The fraction of sp³-hybridized carbons (Fsp3) is 1.00. The zero-order valence-corrected chi connectivity index (χ0v) is 11.5. The zero-order chi connectivity index (χ0) is 11.5. The molecule has 5 unspecified atom stereocenters. The highest BCUT2D eigenvalue weighted by Gasteiger charge is 2.40. The molecule has 0 spiro atoms. The van der Waals surface area contributed by atoms with Crippen LogP contribution in [0.1, 0.15) is 72.1 Å². The predicted octanol–water partition coefficient (Wildman–Crippen LogP) is 5.28. The highest BCUT2D eigenvalue weighted by Crippen LogP contribution is 2.49. The van der Waals surface area contributed by atoms with Gasteiger partial charge in [0.05, 0.1) is 0 Å². The van der Waals surface area contributed by atoms with E-state index in [0.717, 1.165) is 29.6 Å². The fourth-order valence-corrected chi connectivity index (χ4v) is 4.77. The minimum atomic E-state index is 1.02. The fourth-order valence-electron chi connectivity index (χ4n) is 4.77. The van der Waals surface area contributed by atoms with Gasteiger partial charge in [0.2, 0.25) is 0 Å². The van der Waals surface area contributed by atoms with Crippen molar-refractivity contribution in [1.29, 1.82) is 0 Å². The van der Waals surface area contributed by atoms with Crippen LogP contribution in [-0.2, 0) is 0 Å². The number of fused-ring (bicyclic) bond motifs is 1. The summed E-state index contributed by atoms with van der Waals surface area (Å²) in [5.74, 6) is 5.37. The maximum Gasteiger partial charge on any atom is -0.0355 e. The summed E-state index contributed by atoms with van der Waals surface area (Å²) in [5.41, 5.74) is 0. The van der Waals surface area contributed by atoms with Gasteiger partial charge >= 0.3 is 0 Å². The maximum atomic E-state index is 2.47. The van der Waals surface area contributed by atoms with Crippen LogP contribution >= 0.6 is 0 Å². The molecular weight excluding hydrogens is 192 g/mol. The van der Waals surface area contributed by atoms with Crippen molar-refractivity contribution in [1.82, 2.24) is 0 Å². The SMILES string of the molecule is CCCC1CCC2CC(C)CCC2C1CC. The first-order valence-electron chi connectivity index (χ1n) is 7.76. The number of hydrogen-bond acceptors (Lipinski definition) is 0. The van der Waals surface area contributed by atoms with Crippen molar-refractivity contribution in [2.45, 2.75) is 72.1 Å². The maximum absolute atomic E-state index is 2.47. The molecular formula is C16H30. The van der Waals surface area contributed by atoms with E-state index in [1.807, 2.05) is 0 Å². The molecule has 0 aromatic carbocycles. The first-order chi connectivity index (χ1) is 7.76. The molecule has 2 saturated carbocycles. The van der Waals surface area contributed by atoms with Gasteiger partial charge in [-0.05, 0) is 55.3 Å². The van der Waals surface area contributed by atoms with Gasteiger partial charge in [0, 0.05) is 0 Å². The lowest BCUT2D eigenvalue weighted by atomic mass is 9.58. The molecule has 16 heavy (non-hydrogen) atoms. The summed E-state index contributed by atoms with van der Waals surface area (Å²) in [6, 6.07) is 0. The van der Waals surface area contributed by atoms with Crippen LogP contribution in [0, 0.1) is 29.6 Å². The topological polar surface area (TPSA) is 0 Å². The lowest BCUT2D eigenvalue weighted by Gasteiger charge is -2.47. The van der Waals surface area contributed by atoms with Crippen LogP contribution in [0.4, 0.5) is 0 Å². The zero-order valence-electron chi connectivity index (χ0n) is 11.5. The molecule has 0 N–H and O–H groups in total. The molecule has 0 amide bonds. The van der Waals surface area contributed by atoms with Gasteiger partial charge in [-0.1, -0.05) is 46.5 Å². The molecule has 0 radical (unpaired) electrons. The molecule has 5 atom stereocenters. The standard InChI is InChI=1S/C16H30/c1-4-6-13-8-9-14-11-12(3)7-10-16(14)15(13)5-2/h12-16H,4-11H2,1-3H3. The van der Waals surface area contributed by atoms with Crippen molar-refractivity contribution >= 4 is 0 Å². The van der Waals surface area contributed by atoms with Crippen LogP contribution in [0.15, 0.2) is 0 Å². The van der Waals surface area contributed by atoms with Crippen LogP contribution in [0.5, 0.6) is 0 Å². The molecule has 2 aliphatic rings. The Morgan fingerprint density at radius 2 is 1.81 bits per heavy atom. The van der Waals surface area contributed by atoms with Crippen LogP contribution in [-0.4, -0.2) is 0 Å². The molecule has 0 bridgehead atoms. The molecule has 2 rings (SSSR count). The van der Waals surface area contributed by atoms with Gasteiger partial charge < -0.3 is 0 Å². The molecule has 94 valence electrons. The van der Waals surface area contributed by atoms with E-state index in [1.165, 1.54) is 25.7 Å². The molecule has 0 aromatic rings. The third-order valence-electron chi connectivity index (χ3n) is 5.50. The van der Waals surface area contributed by atoms with E-state index in [2.05, 4.69) is 20.8 Å². The Morgan fingerprint density at radius 1 is 1.00 bits per heavy atom. The minimum absolute atomic E-state index is 1.02. The molecule has 0 aliphatic heterocycles. The van der Waals surface area contributed by atoms with Crippen LogP contribution in [0.25, 0.3) is 0 Å². The average Bonchev–Trinajstić information content (AvgIpc) is 2.29. The summed E-state index contributed by atoms with van der Waals surface area (Å²) >= 11 is 0. The summed E-state index contributed by atoms with van der Waals surface area (Å²) in [4.78, 5) is 0. The van der Waals surface area contributed by atoms with E-state index >= 15 is 0 Å². The summed E-state index contributed by atoms with van der Waals surface area (Å²) in [6.07, 6.45) is 12.0. The Morgan fingerprint density at radius 3 is 2.50 bits per heavy atom. The van der Waals surface area contributed by atoms with E-state index < -0.39 is 0 Å². The third-order valence-corrected chi connectivity index (χ3v) is 5.50. The van der Waals surface area contributed by atoms with Gasteiger partial charge in [0.25, 0.3) is 0 Å². The first kappa shape index (κ1) is 12.5. The van der Waals surface area contributed by atoms with Crippen molar-refractivity contribution in [3.05, 3.63) is 0 Å². The average molecular weight is 222 g/mol. The molecule has 0 heteroatoms. The van der Waals surface area contributed by atoms with Crippen molar-refractivity contribution in [2.75, 3.05) is 0 Å². The lowest BCUT2D eigenvalue weighted by molar-refractivity contribution is 0.0318. The Labute approximate surface area is 102 Å². The monoisotopic (exact) mass is 222 g/mol. The second-order valence-electron chi connectivity index (χ2n) is 6.54. The summed E-state index contributed by atoms with van der Waals surface area (Å²) < 4.78 is 0. The van der Waals surface area contributed by atoms with Crippen molar-refractivity contribution in [3.63, 3.8) is 0 Å². The predicted molar refractivity (Wildman–Crippen MR) is 71.4 cm³/mol. The Hall–Kier alpha value is 0. The highest BCUT2D eigenvalue weighted by atomic mass is 14.4. The summed E-state index contributed by atoms with van der Waals surface area (Å²) in [5, 5.41) is 0. The Bertz CT molecular complexity index is 202. The van der Waals surface area contributed by atoms with Gasteiger partial charge in [-0.3, -0.25) is 0 Å².